The number of fused-ring (bicyclic) bond motifs is 27. The van der Waals surface area contributed by atoms with E-state index < -0.39 is 0 Å². The van der Waals surface area contributed by atoms with Crippen molar-refractivity contribution in [1.29, 1.82) is 0 Å². The van der Waals surface area contributed by atoms with E-state index in [1.807, 2.05) is 11.3 Å². The molecule has 6 nitrogen and oxygen atoms in total. The van der Waals surface area contributed by atoms with Gasteiger partial charge in [0, 0.05) is 130 Å². The summed E-state index contributed by atoms with van der Waals surface area (Å²) in [5.41, 5.74) is 39.9. The lowest BCUT2D eigenvalue weighted by Gasteiger charge is -2.21. The van der Waals surface area contributed by atoms with Gasteiger partial charge in [0.05, 0.1) is 66.2 Å². The predicted molar refractivity (Wildman–Crippen MR) is 590 cm³/mol. The number of rotatable bonds is 9. The van der Waals surface area contributed by atoms with Crippen LogP contribution in [0.25, 0.3) is 241 Å². The van der Waals surface area contributed by atoms with Gasteiger partial charge >= 0.3 is 0 Å². The Kier molecular flexibility index (Phi) is 17.9. The molecule has 0 fully saturated rings. The molecule has 7 heterocycles. The summed E-state index contributed by atoms with van der Waals surface area (Å²) in [5, 5.41) is 18.0. The van der Waals surface area contributed by atoms with Crippen LogP contribution in [0.3, 0.4) is 0 Å². The summed E-state index contributed by atoms with van der Waals surface area (Å²) < 4.78 is 17.2. The number of hydrogen-bond acceptors (Lipinski definition) is 1. The lowest BCUT2D eigenvalue weighted by molar-refractivity contribution is 0.661. The van der Waals surface area contributed by atoms with Crippen molar-refractivity contribution in [2.24, 2.45) is 0 Å². The molecule has 0 bridgehead atoms. The fourth-order valence-electron chi connectivity index (χ4n) is 23.8. The highest BCUT2D eigenvalue weighted by atomic mass is 32.1. The Morgan fingerprint density at radius 1 is 0.144 bits per heavy atom. The standard InChI is InChI=1S/C51H36N2.C45H32N2.C36H22N2S/c1-51(2)45-20-9-6-17-39(45)42-31-44-43-30-36(34-23-26-37(27-24-34)52-47-21-10-7-18-40(47)41-19-8-11-22-48(41)52)25-28-49(43)53(50(44)32-46(42)51)38-16-12-15-35(29-38)33-13-4-3-5-14-33;1-45(2)39-17-9-6-14-33(39)36-27-38-37-26-32(47-41-18-10-7-15-34(41)35-16-8-11-19-42(35)47)24-25-43(37)46(44(38)28-40(36)45)31-22-20-30(21-23-31)29-12-4-3-5-13-29;1-2-10-23(11-3-1)37-33-19-18-24(38-31-15-7-4-12-25(31)26-13-5-8-16-32(26)38)20-28(33)29-21-30-27-14-6-9-17-35(27)39-36(30)22-34(29)37/h3-32H,1-2H3;3-28H,1-2H3;1-22H. The van der Waals surface area contributed by atoms with Crippen LogP contribution in [0, 0.1) is 0 Å². The van der Waals surface area contributed by atoms with Crippen molar-refractivity contribution in [2.45, 2.75) is 38.5 Å². The van der Waals surface area contributed by atoms with Crippen LogP contribution >= 0.6 is 11.3 Å². The van der Waals surface area contributed by atoms with Crippen molar-refractivity contribution >= 4 is 162 Å². The van der Waals surface area contributed by atoms with E-state index >= 15 is 0 Å². The SMILES string of the molecule is CC1(C)c2ccccc2-c2cc3c4cc(-c5ccc(-n6c7ccccc7c7ccccc76)cc5)ccc4n(-c4cccc(-c5ccccc5)c4)c3cc21.CC1(C)c2ccccc2-c2cc3c4cc(-n5c6ccccc6c6ccccc65)ccc4n(-c4ccc(-c5ccccc5)cc4)c3cc21.c1ccc(-n2c3ccc(-n4c5ccccc5c5ccccc54)cc3c3cc4c(cc32)sc2ccccc24)cc1. The largest absolute Gasteiger partial charge is 0.309 e. The molecule has 139 heavy (non-hydrogen) atoms. The fourth-order valence-corrected chi connectivity index (χ4v) is 24.9. The van der Waals surface area contributed by atoms with Crippen molar-refractivity contribution in [3.63, 3.8) is 0 Å². The molecule has 0 unspecified atom stereocenters. The zero-order chi connectivity index (χ0) is 92.0. The normalized spacial score (nSPS) is 13.0. The van der Waals surface area contributed by atoms with Crippen LogP contribution in [0.4, 0.5) is 0 Å². The molecule has 2 aliphatic carbocycles. The van der Waals surface area contributed by atoms with Crippen molar-refractivity contribution in [3.05, 3.63) is 495 Å². The summed E-state index contributed by atoms with van der Waals surface area (Å²) in [5.74, 6) is 0. The zero-order valence-electron chi connectivity index (χ0n) is 77.1. The van der Waals surface area contributed by atoms with Crippen molar-refractivity contribution in [3.8, 4) is 89.8 Å². The van der Waals surface area contributed by atoms with Gasteiger partial charge in [0.15, 0.2) is 0 Å². The smallest absolute Gasteiger partial charge is 0.0555 e. The van der Waals surface area contributed by atoms with Gasteiger partial charge in [-0.3, -0.25) is 0 Å². The molecule has 7 heteroatoms. The van der Waals surface area contributed by atoms with E-state index in [1.165, 1.54) is 263 Å². The summed E-state index contributed by atoms with van der Waals surface area (Å²) >= 11 is 1.88. The molecular formula is C132H90N6S. The van der Waals surface area contributed by atoms with Gasteiger partial charge in [0.1, 0.15) is 0 Å². The van der Waals surface area contributed by atoms with E-state index in [-0.39, 0.29) is 10.8 Å². The maximum atomic E-state index is 2.48. The first-order chi connectivity index (χ1) is 68.5. The zero-order valence-corrected chi connectivity index (χ0v) is 77.9. The lowest BCUT2D eigenvalue weighted by atomic mass is 9.82. The van der Waals surface area contributed by atoms with Crippen LogP contribution in [0.2, 0.25) is 0 Å². The third-order valence-corrected chi connectivity index (χ3v) is 31.5. The molecule has 28 aromatic rings. The topological polar surface area (TPSA) is 29.6 Å². The molecule has 0 saturated heterocycles. The first-order valence-corrected chi connectivity index (χ1v) is 49.1. The number of para-hydroxylation sites is 7. The van der Waals surface area contributed by atoms with Crippen molar-refractivity contribution in [2.75, 3.05) is 0 Å². The van der Waals surface area contributed by atoms with Gasteiger partial charge in [-0.05, 0) is 254 Å². The van der Waals surface area contributed by atoms with Crippen LogP contribution in [-0.2, 0) is 10.8 Å². The Balaban J connectivity index is 0.000000104. The minimum absolute atomic E-state index is 0.0767. The number of nitrogens with zero attached hydrogens (tertiary/aromatic N) is 6. The third-order valence-electron chi connectivity index (χ3n) is 30.3. The van der Waals surface area contributed by atoms with Crippen molar-refractivity contribution < 1.29 is 0 Å². The monoisotopic (exact) mass is 1790 g/mol. The molecular weight excluding hydrogens is 1700 g/mol. The highest BCUT2D eigenvalue weighted by Gasteiger charge is 2.39. The second-order valence-corrected chi connectivity index (χ2v) is 39.7. The number of aromatic nitrogens is 6. The second-order valence-electron chi connectivity index (χ2n) is 38.6. The van der Waals surface area contributed by atoms with Crippen LogP contribution < -0.4 is 0 Å². The summed E-state index contributed by atoms with van der Waals surface area (Å²) in [6.45, 7) is 9.47. The van der Waals surface area contributed by atoms with E-state index in [0.717, 1.165) is 0 Å². The van der Waals surface area contributed by atoms with Gasteiger partial charge in [-0.1, -0.05) is 325 Å². The average Bonchev–Trinajstić information content (AvgIpc) is 1.56. The quantitative estimate of drug-likeness (QED) is 0.138. The van der Waals surface area contributed by atoms with Crippen LogP contribution in [-0.4, -0.2) is 27.4 Å². The third kappa shape index (κ3) is 12.4. The van der Waals surface area contributed by atoms with E-state index in [0.29, 0.717) is 0 Å². The second kappa shape index (κ2) is 31.1. The van der Waals surface area contributed by atoms with Gasteiger partial charge in [-0.15, -0.1) is 11.3 Å². The Morgan fingerprint density at radius 2 is 0.424 bits per heavy atom. The van der Waals surface area contributed by atoms with Gasteiger partial charge in [0.25, 0.3) is 0 Å². The summed E-state index contributed by atoms with van der Waals surface area (Å²) in [7, 11) is 0. The molecule has 7 aromatic heterocycles. The van der Waals surface area contributed by atoms with Crippen LogP contribution in [0.5, 0.6) is 0 Å². The molecule has 0 saturated carbocycles. The Labute approximate surface area is 807 Å². The van der Waals surface area contributed by atoms with Gasteiger partial charge in [-0.25, -0.2) is 0 Å². The number of thiophene rings is 1. The first-order valence-electron chi connectivity index (χ1n) is 48.3. The van der Waals surface area contributed by atoms with Gasteiger partial charge in [0.2, 0.25) is 0 Å². The summed E-state index contributed by atoms with van der Waals surface area (Å²) in [6.07, 6.45) is 0. The van der Waals surface area contributed by atoms with E-state index in [9.17, 15) is 0 Å². The van der Waals surface area contributed by atoms with E-state index in [2.05, 4.69) is 528 Å². The van der Waals surface area contributed by atoms with E-state index in [4.69, 9.17) is 0 Å². The summed E-state index contributed by atoms with van der Waals surface area (Å²) in [6, 6.07) is 174. The average molecular weight is 1790 g/mol. The highest BCUT2D eigenvalue weighted by molar-refractivity contribution is 7.25. The summed E-state index contributed by atoms with van der Waals surface area (Å²) in [4.78, 5) is 0. The maximum absolute atomic E-state index is 2.48. The molecule has 654 valence electrons. The Morgan fingerprint density at radius 3 is 0.892 bits per heavy atom. The molecule has 0 aliphatic heterocycles. The molecule has 0 radical (unpaired) electrons. The van der Waals surface area contributed by atoms with Gasteiger partial charge < -0.3 is 27.4 Å². The maximum Gasteiger partial charge on any atom is 0.0555 e. The highest BCUT2D eigenvalue weighted by Crippen LogP contribution is 2.55. The van der Waals surface area contributed by atoms with Crippen LogP contribution in [0.15, 0.2) is 473 Å². The van der Waals surface area contributed by atoms with E-state index in [1.54, 1.807) is 0 Å². The van der Waals surface area contributed by atoms with Crippen LogP contribution in [0.1, 0.15) is 49.9 Å². The van der Waals surface area contributed by atoms with Gasteiger partial charge in [-0.2, -0.15) is 0 Å². The Hall–Kier alpha value is -17.4. The number of benzene rings is 21. The predicted octanol–water partition coefficient (Wildman–Crippen LogP) is 35.6. The fraction of sp³-hybridized carbons (Fsp3) is 0.0455. The minimum atomic E-state index is -0.0867. The first kappa shape index (κ1) is 80.1. The molecule has 21 aromatic carbocycles. The molecule has 0 amide bonds. The lowest BCUT2D eigenvalue weighted by Crippen LogP contribution is -2.14. The molecule has 0 N–H and O–H groups in total. The molecule has 0 spiro atoms. The number of hydrogen-bond donors (Lipinski definition) is 0. The molecule has 2 aliphatic rings. The minimum Gasteiger partial charge on any atom is -0.309 e. The molecule has 0 atom stereocenters. The molecule has 30 rings (SSSR count). The Bertz CT molecular complexity index is 9780. The van der Waals surface area contributed by atoms with Crippen molar-refractivity contribution in [1.82, 2.24) is 27.4 Å².